The number of sulfone groups is 1. The predicted octanol–water partition coefficient (Wildman–Crippen LogP) is 4.84. The van der Waals surface area contributed by atoms with Crippen molar-refractivity contribution in [3.05, 3.63) is 77.9 Å². The highest BCUT2D eigenvalue weighted by molar-refractivity contribution is 7.92. The van der Waals surface area contributed by atoms with Crippen LogP contribution >= 0.6 is 0 Å². The Bertz CT molecular complexity index is 1210. The van der Waals surface area contributed by atoms with Gasteiger partial charge in [-0.15, -0.1) is 0 Å². The van der Waals surface area contributed by atoms with Gasteiger partial charge in [0.1, 0.15) is 10.9 Å². The van der Waals surface area contributed by atoms with Crippen molar-refractivity contribution < 1.29 is 22.7 Å². The second kappa shape index (κ2) is 8.03. The summed E-state index contributed by atoms with van der Waals surface area (Å²) in [6, 6.07) is 17.9. The van der Waals surface area contributed by atoms with Gasteiger partial charge in [-0.25, -0.2) is 13.2 Å². The molecule has 30 heavy (non-hydrogen) atoms. The Kier molecular flexibility index (Phi) is 5.81. The average Bonchev–Trinajstić information content (AvgIpc) is 2.71. The molecule has 0 spiro atoms. The van der Waals surface area contributed by atoms with Crippen LogP contribution in [0.3, 0.4) is 0 Å². The van der Waals surface area contributed by atoms with Crippen LogP contribution in [0, 0.1) is 0 Å². The van der Waals surface area contributed by atoms with Gasteiger partial charge in [-0.05, 0) is 62.7 Å². The SMILES string of the molecule is C[C@@H](C(=O)c1ccc(C(=O)OC(C)(C)C)c2ccccc12)S(=O)(=O)c1ccccc1. The van der Waals surface area contributed by atoms with E-state index in [0.717, 1.165) is 0 Å². The average molecular weight is 425 g/mol. The number of Topliss-reactive ketones (excluding diaryl/α,β-unsaturated/α-hetero) is 1. The summed E-state index contributed by atoms with van der Waals surface area (Å²) in [5.74, 6) is -1.02. The van der Waals surface area contributed by atoms with Gasteiger partial charge in [0, 0.05) is 5.56 Å². The van der Waals surface area contributed by atoms with Crippen LogP contribution in [0.1, 0.15) is 48.4 Å². The topological polar surface area (TPSA) is 77.5 Å². The van der Waals surface area contributed by atoms with Crippen LogP contribution in [-0.4, -0.2) is 31.0 Å². The van der Waals surface area contributed by atoms with Gasteiger partial charge in [0.2, 0.25) is 0 Å². The van der Waals surface area contributed by atoms with Gasteiger partial charge in [-0.1, -0.05) is 42.5 Å². The van der Waals surface area contributed by atoms with Gasteiger partial charge in [0.05, 0.1) is 10.5 Å². The molecule has 156 valence electrons. The fourth-order valence-electron chi connectivity index (χ4n) is 3.20. The van der Waals surface area contributed by atoms with Crippen LogP contribution < -0.4 is 0 Å². The van der Waals surface area contributed by atoms with Crippen LogP contribution in [0.5, 0.6) is 0 Å². The number of ether oxygens (including phenoxy) is 1. The number of carbonyl (C=O) groups is 2. The number of rotatable bonds is 5. The molecule has 0 amide bonds. The molecule has 3 rings (SSSR count). The molecule has 0 unspecified atom stereocenters. The molecule has 1 atom stereocenters. The van der Waals surface area contributed by atoms with Crippen molar-refractivity contribution in [2.75, 3.05) is 0 Å². The van der Waals surface area contributed by atoms with E-state index in [4.69, 9.17) is 4.74 Å². The summed E-state index contributed by atoms with van der Waals surface area (Å²) in [5.41, 5.74) is -0.0779. The van der Waals surface area contributed by atoms with E-state index in [1.54, 1.807) is 63.2 Å². The lowest BCUT2D eigenvalue weighted by atomic mass is 9.96. The van der Waals surface area contributed by atoms with Crippen molar-refractivity contribution >= 4 is 32.4 Å². The molecular formula is C24H24O5S. The highest BCUT2D eigenvalue weighted by Crippen LogP contribution is 2.28. The standard InChI is InChI=1S/C24H24O5S/c1-16(30(27,28)17-10-6-5-7-11-17)22(25)20-14-15-21(23(26)29-24(2,3)4)19-13-9-8-12-18(19)20/h5-16H,1-4H3/t16-/m0/s1. The minimum Gasteiger partial charge on any atom is -0.456 e. The Hall–Kier alpha value is -2.99. The molecule has 0 aliphatic heterocycles. The molecule has 0 aromatic heterocycles. The van der Waals surface area contributed by atoms with Crippen LogP contribution in [0.4, 0.5) is 0 Å². The molecule has 0 aliphatic rings. The summed E-state index contributed by atoms with van der Waals surface area (Å²) < 4.78 is 31.3. The predicted molar refractivity (Wildman–Crippen MR) is 117 cm³/mol. The minimum absolute atomic E-state index is 0.0977. The molecule has 0 heterocycles. The molecule has 0 aliphatic carbocycles. The number of ketones is 1. The molecule has 0 radical (unpaired) electrons. The Labute approximate surface area is 176 Å². The van der Waals surface area contributed by atoms with E-state index in [1.807, 2.05) is 0 Å². The largest absolute Gasteiger partial charge is 0.456 e. The van der Waals surface area contributed by atoms with Crippen LogP contribution in [0.25, 0.3) is 10.8 Å². The molecule has 0 saturated carbocycles. The van der Waals surface area contributed by atoms with Crippen molar-refractivity contribution in [2.24, 2.45) is 0 Å². The molecule has 0 saturated heterocycles. The van der Waals surface area contributed by atoms with Gasteiger partial charge in [-0.3, -0.25) is 4.79 Å². The van der Waals surface area contributed by atoms with Crippen molar-refractivity contribution in [3.63, 3.8) is 0 Å². The summed E-state index contributed by atoms with van der Waals surface area (Å²) >= 11 is 0. The van der Waals surface area contributed by atoms with Gasteiger partial charge in [0.25, 0.3) is 0 Å². The maximum absolute atomic E-state index is 13.2. The summed E-state index contributed by atoms with van der Waals surface area (Å²) in [4.78, 5) is 25.9. The zero-order valence-corrected chi connectivity index (χ0v) is 18.2. The fraction of sp³-hybridized carbons (Fsp3) is 0.250. The Morgan fingerprint density at radius 2 is 1.30 bits per heavy atom. The van der Waals surface area contributed by atoms with E-state index in [2.05, 4.69) is 0 Å². The zero-order chi connectivity index (χ0) is 22.1. The van der Waals surface area contributed by atoms with Gasteiger partial charge >= 0.3 is 5.97 Å². The summed E-state index contributed by atoms with van der Waals surface area (Å²) in [7, 11) is -3.85. The first-order chi connectivity index (χ1) is 14.0. The highest BCUT2D eigenvalue weighted by Gasteiger charge is 2.32. The first kappa shape index (κ1) is 21.7. The number of hydrogen-bond acceptors (Lipinski definition) is 5. The third-order valence-electron chi connectivity index (χ3n) is 4.71. The number of fused-ring (bicyclic) bond motifs is 1. The minimum atomic E-state index is -3.85. The lowest BCUT2D eigenvalue weighted by Crippen LogP contribution is -2.28. The highest BCUT2D eigenvalue weighted by atomic mass is 32.2. The quantitative estimate of drug-likeness (QED) is 0.433. The molecule has 5 nitrogen and oxygen atoms in total. The summed E-state index contributed by atoms with van der Waals surface area (Å²) in [6.45, 7) is 6.73. The van der Waals surface area contributed by atoms with Gasteiger partial charge in [0.15, 0.2) is 15.6 Å². The number of benzene rings is 3. The van der Waals surface area contributed by atoms with Crippen molar-refractivity contribution in [1.29, 1.82) is 0 Å². The number of hydrogen-bond donors (Lipinski definition) is 0. The van der Waals surface area contributed by atoms with E-state index in [1.165, 1.54) is 31.2 Å². The van der Waals surface area contributed by atoms with Crippen LogP contribution in [-0.2, 0) is 14.6 Å². The lowest BCUT2D eigenvalue weighted by molar-refractivity contribution is 0.00716. The maximum atomic E-state index is 13.2. The zero-order valence-electron chi connectivity index (χ0n) is 17.4. The first-order valence-corrected chi connectivity index (χ1v) is 11.2. The number of esters is 1. The van der Waals surface area contributed by atoms with Crippen molar-refractivity contribution in [2.45, 2.75) is 43.4 Å². The van der Waals surface area contributed by atoms with Crippen LogP contribution in [0.2, 0.25) is 0 Å². The van der Waals surface area contributed by atoms with E-state index in [9.17, 15) is 18.0 Å². The van der Waals surface area contributed by atoms with E-state index in [-0.39, 0.29) is 10.5 Å². The Morgan fingerprint density at radius 3 is 1.87 bits per heavy atom. The number of carbonyl (C=O) groups excluding carboxylic acids is 2. The van der Waals surface area contributed by atoms with E-state index in [0.29, 0.717) is 16.3 Å². The summed E-state index contributed by atoms with van der Waals surface area (Å²) in [6.07, 6.45) is 0. The second-order valence-corrected chi connectivity index (χ2v) is 10.3. The van der Waals surface area contributed by atoms with Crippen molar-refractivity contribution in [3.8, 4) is 0 Å². The second-order valence-electron chi connectivity index (χ2n) is 8.07. The van der Waals surface area contributed by atoms with E-state index >= 15 is 0 Å². The molecule has 3 aromatic carbocycles. The van der Waals surface area contributed by atoms with Crippen molar-refractivity contribution in [1.82, 2.24) is 0 Å². The van der Waals surface area contributed by atoms with Gasteiger partial charge in [-0.2, -0.15) is 0 Å². The molecule has 0 fully saturated rings. The summed E-state index contributed by atoms with van der Waals surface area (Å²) in [5, 5.41) is -0.210. The first-order valence-electron chi connectivity index (χ1n) is 9.60. The molecular weight excluding hydrogens is 400 g/mol. The van der Waals surface area contributed by atoms with Crippen LogP contribution in [0.15, 0.2) is 71.6 Å². The normalized spacial score (nSPS) is 13.1. The van der Waals surface area contributed by atoms with E-state index < -0.39 is 32.4 Å². The Morgan fingerprint density at radius 1 is 0.800 bits per heavy atom. The molecule has 0 bridgehead atoms. The third kappa shape index (κ3) is 4.28. The Balaban J connectivity index is 2.06. The fourth-order valence-corrected chi connectivity index (χ4v) is 4.55. The third-order valence-corrected chi connectivity index (χ3v) is 6.79. The molecule has 6 heteroatoms. The lowest BCUT2D eigenvalue weighted by Gasteiger charge is -2.20. The monoisotopic (exact) mass is 424 g/mol. The smallest absolute Gasteiger partial charge is 0.339 e. The van der Waals surface area contributed by atoms with Gasteiger partial charge < -0.3 is 4.74 Å². The molecule has 0 N–H and O–H groups in total. The maximum Gasteiger partial charge on any atom is 0.339 e. The molecule has 3 aromatic rings.